The van der Waals surface area contributed by atoms with Crippen LogP contribution in [-0.4, -0.2) is 5.97 Å². The molecule has 16 heavy (non-hydrogen) atoms. The Morgan fingerprint density at radius 3 is 1.94 bits per heavy atom. The van der Waals surface area contributed by atoms with Gasteiger partial charge >= 0.3 is 5.97 Å². The maximum Gasteiger partial charge on any atom is 0.342 e. The first kappa shape index (κ1) is 13.7. The molecule has 0 aromatic heterocycles. The molecule has 0 heterocycles. The Bertz CT molecular complexity index is 335. The van der Waals surface area contributed by atoms with Gasteiger partial charge in [-0.15, -0.1) is 0 Å². The van der Waals surface area contributed by atoms with E-state index in [1.165, 1.54) is 12.5 Å². The van der Waals surface area contributed by atoms with E-state index in [4.69, 9.17) is 0 Å². The molecule has 0 aliphatic heterocycles. The average molecular weight is 218 g/mol. The normalized spacial score (nSPS) is 7.75. The van der Waals surface area contributed by atoms with E-state index >= 15 is 0 Å². The monoisotopic (exact) mass is 218 g/mol. The summed E-state index contributed by atoms with van der Waals surface area (Å²) < 4.78 is 8.91. The lowest BCUT2D eigenvalue weighted by Gasteiger charge is -1.96. The summed E-state index contributed by atoms with van der Waals surface area (Å²) in [5.41, 5.74) is 0.535. The van der Waals surface area contributed by atoms with E-state index in [9.17, 15) is 4.79 Å². The lowest BCUT2D eigenvalue weighted by atomic mass is 10.2. The first-order valence-corrected chi connectivity index (χ1v) is 4.50. The van der Waals surface area contributed by atoms with Crippen molar-refractivity contribution in [2.75, 3.05) is 0 Å². The molecule has 0 fully saturated rings. The number of esters is 1. The van der Waals surface area contributed by atoms with Gasteiger partial charge in [-0.1, -0.05) is 37.9 Å². The van der Waals surface area contributed by atoms with E-state index in [1.807, 2.05) is 6.07 Å². The Morgan fingerprint density at radius 2 is 1.56 bits per heavy atom. The van der Waals surface area contributed by atoms with E-state index in [-0.39, 0.29) is 5.97 Å². The SMILES string of the molecule is C=COC(=O)c1ccccc1.C=COC=C. The number of carbonyl (C=O) groups excluding carboxylic acids is 1. The Balaban J connectivity index is 0.000000385. The van der Waals surface area contributed by atoms with Crippen molar-refractivity contribution in [3.8, 4) is 0 Å². The van der Waals surface area contributed by atoms with Crippen molar-refractivity contribution in [3.63, 3.8) is 0 Å². The molecule has 0 atom stereocenters. The minimum Gasteiger partial charge on any atom is -0.474 e. The van der Waals surface area contributed by atoms with Gasteiger partial charge < -0.3 is 9.47 Å². The molecular weight excluding hydrogens is 204 g/mol. The van der Waals surface area contributed by atoms with Crippen LogP contribution in [0.4, 0.5) is 0 Å². The first-order chi connectivity index (χ1) is 7.76. The molecule has 1 aromatic rings. The van der Waals surface area contributed by atoms with Crippen molar-refractivity contribution < 1.29 is 14.3 Å². The van der Waals surface area contributed by atoms with Crippen LogP contribution in [0.1, 0.15) is 10.4 Å². The van der Waals surface area contributed by atoms with Gasteiger partial charge in [-0.3, -0.25) is 0 Å². The predicted octanol–water partition coefficient (Wildman–Crippen LogP) is 3.28. The van der Waals surface area contributed by atoms with Gasteiger partial charge in [0, 0.05) is 0 Å². The number of benzene rings is 1. The van der Waals surface area contributed by atoms with E-state index in [0.29, 0.717) is 5.56 Å². The van der Waals surface area contributed by atoms with Gasteiger partial charge in [-0.25, -0.2) is 4.79 Å². The standard InChI is InChI=1S/C9H8O2.C4H6O/c1-2-11-9(10)8-6-4-3-5-7-8;1-3-5-4-2/h2-7H,1H2;3-4H,1-2H2. The Labute approximate surface area is 95.3 Å². The van der Waals surface area contributed by atoms with Gasteiger partial charge in [-0.2, -0.15) is 0 Å². The summed E-state index contributed by atoms with van der Waals surface area (Å²) in [4.78, 5) is 11.0. The molecule has 0 N–H and O–H groups in total. The summed E-state index contributed by atoms with van der Waals surface area (Å²) in [6, 6.07) is 8.77. The fraction of sp³-hybridized carbons (Fsp3) is 0. The number of hydrogen-bond acceptors (Lipinski definition) is 3. The molecule has 0 spiro atoms. The van der Waals surface area contributed by atoms with E-state index in [2.05, 4.69) is 29.2 Å². The highest BCUT2D eigenvalue weighted by atomic mass is 16.5. The predicted molar refractivity (Wildman–Crippen MR) is 63.5 cm³/mol. The molecule has 0 radical (unpaired) electrons. The number of hydrogen-bond donors (Lipinski definition) is 0. The molecule has 3 nitrogen and oxygen atoms in total. The molecule has 3 heteroatoms. The van der Waals surface area contributed by atoms with Gasteiger partial charge in [0.1, 0.15) is 0 Å². The lowest BCUT2D eigenvalue weighted by molar-refractivity contribution is 0.0664. The van der Waals surface area contributed by atoms with Crippen LogP contribution >= 0.6 is 0 Å². The zero-order chi connectivity index (χ0) is 12.2. The third-order valence-electron chi connectivity index (χ3n) is 1.39. The third-order valence-corrected chi connectivity index (χ3v) is 1.39. The highest BCUT2D eigenvalue weighted by molar-refractivity contribution is 5.89. The van der Waals surface area contributed by atoms with Crippen LogP contribution in [-0.2, 0) is 9.47 Å². The summed E-state index contributed by atoms with van der Waals surface area (Å²) in [7, 11) is 0. The zero-order valence-corrected chi connectivity index (χ0v) is 8.96. The van der Waals surface area contributed by atoms with Gasteiger partial charge in [-0.05, 0) is 12.1 Å². The van der Waals surface area contributed by atoms with E-state index in [0.717, 1.165) is 6.26 Å². The van der Waals surface area contributed by atoms with Crippen LogP contribution in [0.25, 0.3) is 0 Å². The van der Waals surface area contributed by atoms with Crippen molar-refractivity contribution >= 4 is 5.97 Å². The molecule has 0 aliphatic carbocycles. The second kappa shape index (κ2) is 9.27. The van der Waals surface area contributed by atoms with Crippen molar-refractivity contribution in [1.29, 1.82) is 0 Å². The second-order valence-corrected chi connectivity index (χ2v) is 2.41. The quantitative estimate of drug-likeness (QED) is 0.574. The molecular formula is C13H14O3. The highest BCUT2D eigenvalue weighted by Gasteiger charge is 2.01. The van der Waals surface area contributed by atoms with E-state index < -0.39 is 0 Å². The lowest BCUT2D eigenvalue weighted by Crippen LogP contribution is -1.98. The van der Waals surface area contributed by atoms with Crippen molar-refractivity contribution in [2.24, 2.45) is 0 Å². The highest BCUT2D eigenvalue weighted by Crippen LogP contribution is 2.00. The summed E-state index contributed by atoms with van der Waals surface area (Å²) in [6.07, 6.45) is 3.75. The van der Waals surface area contributed by atoms with Crippen LogP contribution in [0.2, 0.25) is 0 Å². The summed E-state index contributed by atoms with van der Waals surface area (Å²) >= 11 is 0. The van der Waals surface area contributed by atoms with Crippen molar-refractivity contribution in [2.45, 2.75) is 0 Å². The topological polar surface area (TPSA) is 35.5 Å². The third kappa shape index (κ3) is 6.21. The molecule has 0 aliphatic rings. The number of rotatable bonds is 4. The van der Waals surface area contributed by atoms with Crippen molar-refractivity contribution in [1.82, 2.24) is 0 Å². The van der Waals surface area contributed by atoms with Gasteiger partial charge in [0.15, 0.2) is 0 Å². The largest absolute Gasteiger partial charge is 0.474 e. The average Bonchev–Trinajstić information content (AvgIpc) is 2.32. The Kier molecular flexibility index (Phi) is 7.95. The molecule has 1 aromatic carbocycles. The number of ether oxygens (including phenoxy) is 2. The van der Waals surface area contributed by atoms with Gasteiger partial charge in [0.25, 0.3) is 0 Å². The second-order valence-electron chi connectivity index (χ2n) is 2.41. The van der Waals surface area contributed by atoms with Gasteiger partial charge in [0.05, 0.1) is 24.3 Å². The molecule has 0 saturated carbocycles. The van der Waals surface area contributed by atoms with Crippen LogP contribution in [0.3, 0.4) is 0 Å². The molecule has 1 rings (SSSR count). The fourth-order valence-electron chi connectivity index (χ4n) is 0.786. The zero-order valence-electron chi connectivity index (χ0n) is 8.96. The molecule has 0 saturated heterocycles. The van der Waals surface area contributed by atoms with Crippen LogP contribution in [0, 0.1) is 0 Å². The first-order valence-electron chi connectivity index (χ1n) is 4.50. The smallest absolute Gasteiger partial charge is 0.342 e. The van der Waals surface area contributed by atoms with E-state index in [1.54, 1.807) is 24.3 Å². The summed E-state index contributed by atoms with van der Waals surface area (Å²) in [6.45, 7) is 9.80. The maximum absolute atomic E-state index is 11.0. The molecule has 0 bridgehead atoms. The Hall–Kier alpha value is -2.29. The van der Waals surface area contributed by atoms with Gasteiger partial charge in [0.2, 0.25) is 0 Å². The summed E-state index contributed by atoms with van der Waals surface area (Å²) in [5, 5.41) is 0. The van der Waals surface area contributed by atoms with Crippen LogP contribution in [0.15, 0.2) is 68.9 Å². The molecule has 0 amide bonds. The maximum atomic E-state index is 11.0. The molecule has 0 unspecified atom stereocenters. The number of carbonyl (C=O) groups is 1. The van der Waals surface area contributed by atoms with Crippen molar-refractivity contribution in [3.05, 3.63) is 74.4 Å². The molecule has 84 valence electrons. The Morgan fingerprint density at radius 1 is 1.00 bits per heavy atom. The fourth-order valence-corrected chi connectivity index (χ4v) is 0.786. The van der Waals surface area contributed by atoms with Crippen LogP contribution in [0.5, 0.6) is 0 Å². The van der Waals surface area contributed by atoms with Crippen LogP contribution < -0.4 is 0 Å². The summed E-state index contributed by atoms with van der Waals surface area (Å²) in [5.74, 6) is -0.374. The minimum absolute atomic E-state index is 0.374. The minimum atomic E-state index is -0.374.